The highest BCUT2D eigenvalue weighted by Gasteiger charge is 2.43. The smallest absolute Gasteiger partial charge is 0.319 e. The van der Waals surface area contributed by atoms with Gasteiger partial charge in [-0.1, -0.05) is 49.7 Å². The van der Waals surface area contributed by atoms with Crippen LogP contribution in [0.2, 0.25) is 5.02 Å². The van der Waals surface area contributed by atoms with Crippen molar-refractivity contribution in [3.8, 4) is 0 Å². The highest BCUT2D eigenvalue weighted by Crippen LogP contribution is 2.41. The summed E-state index contributed by atoms with van der Waals surface area (Å²) in [5.74, 6) is -0.273. The van der Waals surface area contributed by atoms with Crippen LogP contribution >= 0.6 is 11.6 Å². The summed E-state index contributed by atoms with van der Waals surface area (Å²) in [4.78, 5) is 24.5. The number of nitrogens with one attached hydrogen (secondary N) is 2. The van der Waals surface area contributed by atoms with Crippen LogP contribution < -0.4 is 10.6 Å². The van der Waals surface area contributed by atoms with E-state index >= 15 is 0 Å². The number of hydrogen-bond acceptors (Lipinski definition) is 2. The first-order chi connectivity index (χ1) is 9.87. The average Bonchev–Trinajstić information content (AvgIpc) is 2.36. The Bertz CT molecular complexity index is 651. The Hall–Kier alpha value is -1.81. The van der Waals surface area contributed by atoms with Gasteiger partial charge in [-0.15, -0.1) is 0 Å². The molecule has 1 heterocycles. The van der Waals surface area contributed by atoms with Gasteiger partial charge >= 0.3 is 6.03 Å². The number of urea groups is 1. The van der Waals surface area contributed by atoms with Crippen LogP contribution in [0.5, 0.6) is 0 Å². The normalized spacial score (nSPS) is 27.3. The first-order valence-electron chi connectivity index (χ1n) is 6.95. The summed E-state index contributed by atoms with van der Waals surface area (Å²) < 4.78 is 0. The third-order valence-electron chi connectivity index (χ3n) is 3.98. The molecule has 0 aromatic heterocycles. The molecule has 2 N–H and O–H groups in total. The highest BCUT2D eigenvalue weighted by atomic mass is 35.5. The number of fused-ring (bicyclic) bond motifs is 1. The molecule has 21 heavy (non-hydrogen) atoms. The lowest BCUT2D eigenvalue weighted by atomic mass is 9.72. The van der Waals surface area contributed by atoms with Crippen molar-refractivity contribution in [1.29, 1.82) is 0 Å². The van der Waals surface area contributed by atoms with E-state index in [0.29, 0.717) is 17.1 Å². The zero-order valence-electron chi connectivity index (χ0n) is 11.9. The zero-order chi connectivity index (χ0) is 15.2. The van der Waals surface area contributed by atoms with Crippen LogP contribution in [-0.2, 0) is 4.79 Å². The van der Waals surface area contributed by atoms with Crippen molar-refractivity contribution >= 4 is 23.4 Å². The van der Waals surface area contributed by atoms with Gasteiger partial charge in [-0.25, -0.2) is 4.79 Å². The number of halogens is 1. The molecule has 3 rings (SSSR count). The van der Waals surface area contributed by atoms with Crippen molar-refractivity contribution in [3.63, 3.8) is 0 Å². The predicted octanol–water partition coefficient (Wildman–Crippen LogP) is 3.19. The van der Waals surface area contributed by atoms with Crippen LogP contribution in [-0.4, -0.2) is 11.8 Å². The molecule has 1 aromatic rings. The van der Waals surface area contributed by atoms with Gasteiger partial charge in [-0.05, 0) is 17.0 Å². The van der Waals surface area contributed by atoms with Gasteiger partial charge in [0, 0.05) is 17.1 Å². The third-order valence-corrected chi connectivity index (χ3v) is 4.32. The summed E-state index contributed by atoms with van der Waals surface area (Å²) in [6.07, 6.45) is 2.45. The molecule has 1 saturated heterocycles. The van der Waals surface area contributed by atoms with E-state index in [1.807, 2.05) is 38.1 Å². The summed E-state index contributed by atoms with van der Waals surface area (Å²) in [5, 5.41) is 6.16. The van der Waals surface area contributed by atoms with E-state index in [4.69, 9.17) is 11.6 Å². The number of rotatable bonds is 1. The van der Waals surface area contributed by atoms with Gasteiger partial charge in [0.15, 0.2) is 0 Å². The predicted molar refractivity (Wildman–Crippen MR) is 80.8 cm³/mol. The maximum absolute atomic E-state index is 12.6. The van der Waals surface area contributed by atoms with Crippen molar-refractivity contribution in [2.75, 3.05) is 0 Å². The van der Waals surface area contributed by atoms with Crippen molar-refractivity contribution < 1.29 is 9.59 Å². The van der Waals surface area contributed by atoms with Crippen LogP contribution in [0.25, 0.3) is 0 Å². The number of ketones is 1. The van der Waals surface area contributed by atoms with Gasteiger partial charge in [-0.3, -0.25) is 4.79 Å². The molecule has 2 atom stereocenters. The lowest BCUT2D eigenvalue weighted by Crippen LogP contribution is -2.53. The Kier molecular flexibility index (Phi) is 3.29. The minimum Gasteiger partial charge on any atom is -0.330 e. The first kappa shape index (κ1) is 14.1. The molecule has 2 aliphatic rings. The largest absolute Gasteiger partial charge is 0.330 e. The second-order valence-corrected chi connectivity index (χ2v) is 6.71. The van der Waals surface area contributed by atoms with Gasteiger partial charge < -0.3 is 10.6 Å². The summed E-state index contributed by atoms with van der Waals surface area (Å²) >= 11 is 6.24. The Morgan fingerprint density at radius 1 is 1.24 bits per heavy atom. The van der Waals surface area contributed by atoms with Gasteiger partial charge in [0.05, 0.1) is 12.0 Å². The molecular formula is C16H17ClN2O2. The molecule has 1 aliphatic carbocycles. The third kappa shape index (κ3) is 2.56. The first-order valence-corrected chi connectivity index (χ1v) is 7.33. The van der Waals surface area contributed by atoms with E-state index in [1.54, 1.807) is 6.07 Å². The van der Waals surface area contributed by atoms with Crippen molar-refractivity contribution in [2.45, 2.75) is 26.3 Å². The van der Waals surface area contributed by atoms with Crippen LogP contribution in [0.3, 0.4) is 0 Å². The molecule has 1 aromatic carbocycles. The molecular weight excluding hydrogens is 288 g/mol. The van der Waals surface area contributed by atoms with E-state index in [9.17, 15) is 9.59 Å². The van der Waals surface area contributed by atoms with Crippen LogP contribution in [0.1, 0.15) is 31.9 Å². The molecule has 110 valence electrons. The maximum atomic E-state index is 12.6. The number of Topliss-reactive ketones (excluding diaryl/α,β-unsaturated/α-hetero) is 1. The van der Waals surface area contributed by atoms with E-state index in [-0.39, 0.29) is 17.2 Å². The fraction of sp³-hybridized carbons (Fsp3) is 0.375. The molecule has 0 spiro atoms. The van der Waals surface area contributed by atoms with Gasteiger partial charge in [0.2, 0.25) is 0 Å². The minimum atomic E-state index is -0.415. The zero-order valence-corrected chi connectivity index (χ0v) is 12.7. The molecule has 0 radical (unpaired) electrons. The van der Waals surface area contributed by atoms with Crippen molar-refractivity contribution in [1.82, 2.24) is 10.6 Å². The number of amides is 2. The molecule has 4 nitrogen and oxygen atoms in total. The number of benzene rings is 1. The average molecular weight is 305 g/mol. The Morgan fingerprint density at radius 2 is 1.95 bits per heavy atom. The Morgan fingerprint density at radius 3 is 2.67 bits per heavy atom. The maximum Gasteiger partial charge on any atom is 0.319 e. The second kappa shape index (κ2) is 4.88. The standard InChI is InChI=1S/C16H17ClN2O2/c1-16(2)7-11-13(12(20)8-16)14(19-15(21)18-11)9-5-3-4-6-10(9)17/h3-7,13-14H,8H2,1-2H3,(H2,18,19,21)/t13-,14-/m1/s1. The summed E-state index contributed by atoms with van der Waals surface area (Å²) in [5.41, 5.74) is 1.22. The van der Waals surface area contributed by atoms with E-state index in [0.717, 1.165) is 5.56 Å². The Labute approximate surface area is 128 Å². The molecule has 1 fully saturated rings. The number of hydrogen-bond donors (Lipinski definition) is 2. The fourth-order valence-corrected chi connectivity index (χ4v) is 3.40. The summed E-state index contributed by atoms with van der Waals surface area (Å²) in [6.45, 7) is 3.99. The lowest BCUT2D eigenvalue weighted by molar-refractivity contribution is -0.125. The molecule has 0 unspecified atom stereocenters. The van der Waals surface area contributed by atoms with Crippen molar-refractivity contribution in [2.24, 2.45) is 11.3 Å². The monoisotopic (exact) mass is 304 g/mol. The SMILES string of the molecule is CC1(C)C=C2NC(=O)N[C@H](c3ccccc3Cl)[C@H]2C(=O)C1. The molecule has 0 saturated carbocycles. The van der Waals surface area contributed by atoms with E-state index in [2.05, 4.69) is 10.6 Å². The van der Waals surface area contributed by atoms with Gasteiger partial charge in [-0.2, -0.15) is 0 Å². The lowest BCUT2D eigenvalue weighted by Gasteiger charge is -2.40. The highest BCUT2D eigenvalue weighted by molar-refractivity contribution is 6.31. The van der Waals surface area contributed by atoms with Gasteiger partial charge in [0.25, 0.3) is 0 Å². The summed E-state index contributed by atoms with van der Waals surface area (Å²) in [7, 11) is 0. The van der Waals surface area contributed by atoms with Gasteiger partial charge in [0.1, 0.15) is 5.78 Å². The second-order valence-electron chi connectivity index (χ2n) is 6.31. The topological polar surface area (TPSA) is 58.2 Å². The molecule has 1 aliphatic heterocycles. The number of allylic oxidation sites excluding steroid dienone is 1. The van der Waals surface area contributed by atoms with Crippen LogP contribution in [0.4, 0.5) is 4.79 Å². The van der Waals surface area contributed by atoms with E-state index in [1.165, 1.54) is 0 Å². The van der Waals surface area contributed by atoms with E-state index < -0.39 is 12.0 Å². The number of carbonyl (C=O) groups is 2. The summed E-state index contributed by atoms with van der Waals surface area (Å²) in [6, 6.07) is 6.60. The molecule has 0 bridgehead atoms. The molecule has 2 amide bonds. The van der Waals surface area contributed by atoms with Crippen LogP contribution in [0, 0.1) is 11.3 Å². The molecule has 5 heteroatoms. The number of carbonyl (C=O) groups excluding carboxylic acids is 2. The van der Waals surface area contributed by atoms with Crippen LogP contribution in [0.15, 0.2) is 36.0 Å². The Balaban J connectivity index is 2.08. The van der Waals surface area contributed by atoms with Crippen molar-refractivity contribution in [3.05, 3.63) is 46.6 Å². The fourth-order valence-electron chi connectivity index (χ4n) is 3.15. The quantitative estimate of drug-likeness (QED) is 0.837. The minimum absolute atomic E-state index is 0.120.